The van der Waals surface area contributed by atoms with Gasteiger partial charge in [0, 0.05) is 19.6 Å². The maximum absolute atomic E-state index is 13.3. The van der Waals surface area contributed by atoms with Gasteiger partial charge in [0.25, 0.3) is 0 Å². The summed E-state index contributed by atoms with van der Waals surface area (Å²) in [6, 6.07) is 9.05. The lowest BCUT2D eigenvalue weighted by Crippen LogP contribution is -2.31. The molecule has 23 heavy (non-hydrogen) atoms. The van der Waals surface area contributed by atoms with Crippen molar-refractivity contribution in [3.63, 3.8) is 0 Å². The van der Waals surface area contributed by atoms with Crippen molar-refractivity contribution in [3.05, 3.63) is 71.0 Å². The van der Waals surface area contributed by atoms with Crippen LogP contribution in [0.1, 0.15) is 17.2 Å². The van der Waals surface area contributed by atoms with Crippen molar-refractivity contribution in [1.29, 1.82) is 0 Å². The first-order valence-corrected chi connectivity index (χ1v) is 7.20. The zero-order valence-corrected chi connectivity index (χ0v) is 12.4. The molecule has 2 N–H and O–H groups in total. The van der Waals surface area contributed by atoms with Crippen molar-refractivity contribution in [3.8, 4) is 0 Å². The lowest BCUT2D eigenvalue weighted by molar-refractivity contribution is 0.0955. The second-order valence-corrected chi connectivity index (χ2v) is 5.27. The van der Waals surface area contributed by atoms with Crippen LogP contribution in [0.2, 0.25) is 0 Å². The predicted molar refractivity (Wildman–Crippen MR) is 80.1 cm³/mol. The Labute approximate surface area is 132 Å². The highest BCUT2D eigenvalue weighted by atomic mass is 19.2. The molecule has 124 valence electrons. The molecule has 3 nitrogen and oxygen atoms in total. The molecular formula is C17H18F3NO2. The Kier molecular flexibility index (Phi) is 6.15. The Balaban J connectivity index is 2.05. The number of nitrogens with zero attached hydrogens (tertiary/aromatic N) is 1. The minimum absolute atomic E-state index is 0.139. The van der Waals surface area contributed by atoms with Gasteiger partial charge in [-0.05, 0) is 35.4 Å². The summed E-state index contributed by atoms with van der Waals surface area (Å²) < 4.78 is 39.1. The molecule has 0 aliphatic rings. The lowest BCUT2D eigenvalue weighted by Gasteiger charge is -2.24. The van der Waals surface area contributed by atoms with Crippen molar-refractivity contribution >= 4 is 0 Å². The van der Waals surface area contributed by atoms with Crippen molar-refractivity contribution in [2.45, 2.75) is 12.6 Å². The summed E-state index contributed by atoms with van der Waals surface area (Å²) in [6.07, 6.45) is -0.882. The predicted octanol–water partition coefficient (Wildman–Crippen LogP) is 2.63. The molecule has 0 aliphatic heterocycles. The van der Waals surface area contributed by atoms with Crippen molar-refractivity contribution in [2.24, 2.45) is 0 Å². The summed E-state index contributed by atoms with van der Waals surface area (Å²) in [5, 5.41) is 19.3. The Morgan fingerprint density at radius 2 is 1.65 bits per heavy atom. The van der Waals surface area contributed by atoms with E-state index in [-0.39, 0.29) is 26.2 Å². The van der Waals surface area contributed by atoms with E-state index < -0.39 is 23.6 Å². The number of hydrogen-bond acceptors (Lipinski definition) is 3. The van der Waals surface area contributed by atoms with Gasteiger partial charge in [-0.15, -0.1) is 0 Å². The van der Waals surface area contributed by atoms with Crippen LogP contribution in [0.25, 0.3) is 0 Å². The van der Waals surface area contributed by atoms with Crippen molar-refractivity contribution in [2.75, 3.05) is 19.7 Å². The van der Waals surface area contributed by atoms with E-state index in [2.05, 4.69) is 0 Å². The lowest BCUT2D eigenvalue weighted by atomic mass is 10.1. The minimum Gasteiger partial charge on any atom is -0.395 e. The molecule has 6 heteroatoms. The largest absolute Gasteiger partial charge is 0.395 e. The Bertz CT molecular complexity index is 634. The third kappa shape index (κ3) is 5.06. The smallest absolute Gasteiger partial charge is 0.159 e. The number of aliphatic hydroxyl groups is 2. The van der Waals surface area contributed by atoms with Crippen LogP contribution >= 0.6 is 0 Å². The van der Waals surface area contributed by atoms with Crippen LogP contribution in [0.3, 0.4) is 0 Å². The molecule has 0 saturated carbocycles. The summed E-state index contributed by atoms with van der Waals surface area (Å²) in [5.41, 5.74) is 1.07. The van der Waals surface area contributed by atoms with E-state index in [1.165, 1.54) is 30.3 Å². The van der Waals surface area contributed by atoms with Gasteiger partial charge in [0.1, 0.15) is 5.82 Å². The number of rotatable bonds is 7. The topological polar surface area (TPSA) is 43.7 Å². The highest BCUT2D eigenvalue weighted by molar-refractivity contribution is 5.20. The highest BCUT2D eigenvalue weighted by Crippen LogP contribution is 2.17. The molecule has 1 unspecified atom stereocenters. The van der Waals surface area contributed by atoms with Gasteiger partial charge in [0.2, 0.25) is 0 Å². The Hall–Kier alpha value is -1.89. The second-order valence-electron chi connectivity index (χ2n) is 5.27. The standard InChI is InChI=1S/C17H18F3NO2/c18-14-4-2-13(3-5-14)17(23)11-21(7-8-22)10-12-1-6-15(19)16(20)9-12/h1-6,9,17,22-23H,7-8,10-11H2. The summed E-state index contributed by atoms with van der Waals surface area (Å²) in [5.74, 6) is -2.26. The van der Waals surface area contributed by atoms with Crippen molar-refractivity contribution < 1.29 is 23.4 Å². The van der Waals surface area contributed by atoms with Crippen LogP contribution in [0.15, 0.2) is 42.5 Å². The van der Waals surface area contributed by atoms with E-state index in [0.29, 0.717) is 11.1 Å². The van der Waals surface area contributed by atoms with Crippen LogP contribution in [0, 0.1) is 17.5 Å². The molecule has 2 aromatic rings. The van der Waals surface area contributed by atoms with E-state index in [0.717, 1.165) is 12.1 Å². The Morgan fingerprint density at radius 3 is 2.26 bits per heavy atom. The van der Waals surface area contributed by atoms with Gasteiger partial charge in [-0.3, -0.25) is 4.90 Å². The van der Waals surface area contributed by atoms with Crippen molar-refractivity contribution in [1.82, 2.24) is 4.90 Å². The molecule has 0 saturated heterocycles. The zero-order chi connectivity index (χ0) is 16.8. The molecular weight excluding hydrogens is 307 g/mol. The fourth-order valence-corrected chi connectivity index (χ4v) is 2.31. The average Bonchev–Trinajstić information content (AvgIpc) is 2.52. The molecule has 0 amide bonds. The van der Waals surface area contributed by atoms with Gasteiger partial charge in [0.15, 0.2) is 11.6 Å². The maximum atomic E-state index is 13.3. The summed E-state index contributed by atoms with van der Waals surface area (Å²) in [7, 11) is 0. The number of aliphatic hydroxyl groups excluding tert-OH is 2. The Morgan fingerprint density at radius 1 is 0.957 bits per heavy atom. The van der Waals surface area contributed by atoms with Gasteiger partial charge in [-0.1, -0.05) is 18.2 Å². The molecule has 0 aromatic heterocycles. The van der Waals surface area contributed by atoms with Crippen LogP contribution in [-0.2, 0) is 6.54 Å². The molecule has 0 spiro atoms. The first kappa shape index (κ1) is 17.5. The molecule has 2 aromatic carbocycles. The maximum Gasteiger partial charge on any atom is 0.159 e. The van der Waals surface area contributed by atoms with E-state index in [1.807, 2.05) is 0 Å². The van der Waals surface area contributed by atoms with E-state index in [1.54, 1.807) is 4.90 Å². The SMILES string of the molecule is OCCN(Cc1ccc(F)c(F)c1)CC(O)c1ccc(F)cc1. The zero-order valence-electron chi connectivity index (χ0n) is 12.4. The molecule has 0 fully saturated rings. The average molecular weight is 325 g/mol. The van der Waals surface area contributed by atoms with E-state index >= 15 is 0 Å². The summed E-state index contributed by atoms with van der Waals surface area (Å²) in [6.45, 7) is 0.540. The normalized spacial score (nSPS) is 12.6. The first-order valence-electron chi connectivity index (χ1n) is 7.20. The number of hydrogen-bond donors (Lipinski definition) is 2. The third-order valence-corrected chi connectivity index (χ3v) is 3.49. The third-order valence-electron chi connectivity index (χ3n) is 3.49. The number of halogens is 3. The molecule has 0 radical (unpaired) electrons. The van der Waals surface area contributed by atoms with E-state index in [4.69, 9.17) is 5.11 Å². The fraction of sp³-hybridized carbons (Fsp3) is 0.294. The quantitative estimate of drug-likeness (QED) is 0.822. The van der Waals surface area contributed by atoms with Gasteiger partial charge < -0.3 is 10.2 Å². The van der Waals surface area contributed by atoms with Crippen LogP contribution < -0.4 is 0 Å². The van der Waals surface area contributed by atoms with E-state index in [9.17, 15) is 18.3 Å². The van der Waals surface area contributed by atoms with Gasteiger partial charge in [-0.25, -0.2) is 13.2 Å². The summed E-state index contributed by atoms with van der Waals surface area (Å²) in [4.78, 5) is 1.71. The number of benzene rings is 2. The highest BCUT2D eigenvalue weighted by Gasteiger charge is 2.15. The van der Waals surface area contributed by atoms with Crippen LogP contribution in [0.5, 0.6) is 0 Å². The molecule has 0 bridgehead atoms. The molecule has 2 rings (SSSR count). The monoisotopic (exact) mass is 325 g/mol. The first-order chi connectivity index (χ1) is 11.0. The fourth-order valence-electron chi connectivity index (χ4n) is 2.31. The van der Waals surface area contributed by atoms with Crippen LogP contribution in [-0.4, -0.2) is 34.8 Å². The molecule has 1 atom stereocenters. The minimum atomic E-state index is -0.939. The molecule has 0 heterocycles. The second kappa shape index (κ2) is 8.10. The summed E-state index contributed by atoms with van der Waals surface area (Å²) >= 11 is 0. The molecule has 0 aliphatic carbocycles. The van der Waals surface area contributed by atoms with Crippen LogP contribution in [0.4, 0.5) is 13.2 Å². The van der Waals surface area contributed by atoms with Gasteiger partial charge in [0.05, 0.1) is 12.7 Å². The van der Waals surface area contributed by atoms with Gasteiger partial charge >= 0.3 is 0 Å². The van der Waals surface area contributed by atoms with Gasteiger partial charge in [-0.2, -0.15) is 0 Å².